The van der Waals surface area contributed by atoms with Crippen LogP contribution in [0.1, 0.15) is 32.1 Å². The molecular formula is C13H18N2O3S. The van der Waals surface area contributed by atoms with Gasteiger partial charge in [0.2, 0.25) is 15.9 Å². The highest BCUT2D eigenvalue weighted by Crippen LogP contribution is 2.21. The van der Waals surface area contributed by atoms with Gasteiger partial charge in [-0.2, -0.15) is 0 Å². The third kappa shape index (κ3) is 3.78. The van der Waals surface area contributed by atoms with Gasteiger partial charge in [-0.25, -0.2) is 13.1 Å². The Kier molecular flexibility index (Phi) is 4.55. The number of benzene rings is 1. The molecule has 5 nitrogen and oxygen atoms in total. The number of sulfonamides is 1. The van der Waals surface area contributed by atoms with E-state index in [9.17, 15) is 13.2 Å². The number of rotatable bonds is 0. The van der Waals surface area contributed by atoms with E-state index in [1.807, 2.05) is 0 Å². The molecule has 0 bridgehead atoms. The first-order chi connectivity index (χ1) is 9.09. The molecule has 0 aromatic heterocycles. The minimum absolute atomic E-state index is 0.129. The van der Waals surface area contributed by atoms with E-state index in [0.29, 0.717) is 18.7 Å². The summed E-state index contributed by atoms with van der Waals surface area (Å²) in [4.78, 5) is 11.9. The summed E-state index contributed by atoms with van der Waals surface area (Å²) in [5, 5.41) is 2.68. The van der Waals surface area contributed by atoms with E-state index in [4.69, 9.17) is 0 Å². The zero-order valence-corrected chi connectivity index (χ0v) is 11.5. The highest BCUT2D eigenvalue weighted by Gasteiger charge is 2.19. The van der Waals surface area contributed by atoms with Crippen LogP contribution in [0.15, 0.2) is 29.2 Å². The molecule has 0 saturated carbocycles. The van der Waals surface area contributed by atoms with Crippen molar-refractivity contribution >= 4 is 21.6 Å². The Labute approximate surface area is 113 Å². The molecule has 0 atom stereocenters. The molecule has 1 aromatic carbocycles. The smallest absolute Gasteiger partial charge is 0.242 e. The van der Waals surface area contributed by atoms with E-state index in [0.717, 1.165) is 25.7 Å². The van der Waals surface area contributed by atoms with Gasteiger partial charge in [0.1, 0.15) is 4.90 Å². The maximum Gasteiger partial charge on any atom is 0.242 e. The van der Waals surface area contributed by atoms with Crippen LogP contribution in [0.4, 0.5) is 5.69 Å². The SMILES string of the molecule is O=C1CCCCCCNS(=O)(=O)c2ccccc2N1. The maximum atomic E-state index is 12.2. The highest BCUT2D eigenvalue weighted by molar-refractivity contribution is 7.89. The maximum absolute atomic E-state index is 12.2. The van der Waals surface area contributed by atoms with Crippen LogP contribution in [-0.4, -0.2) is 20.9 Å². The average molecular weight is 282 g/mol. The Hall–Kier alpha value is -1.40. The Morgan fingerprint density at radius 2 is 1.74 bits per heavy atom. The van der Waals surface area contributed by atoms with Gasteiger partial charge in [-0.1, -0.05) is 25.0 Å². The van der Waals surface area contributed by atoms with Crippen LogP contribution in [0.2, 0.25) is 0 Å². The molecule has 0 aliphatic carbocycles. The third-order valence-electron chi connectivity index (χ3n) is 3.07. The largest absolute Gasteiger partial charge is 0.325 e. The van der Waals surface area contributed by atoms with Gasteiger partial charge in [0.05, 0.1) is 5.69 Å². The fourth-order valence-electron chi connectivity index (χ4n) is 2.07. The fourth-order valence-corrected chi connectivity index (χ4v) is 3.30. The van der Waals surface area contributed by atoms with Crippen molar-refractivity contribution in [3.05, 3.63) is 24.3 Å². The van der Waals surface area contributed by atoms with E-state index < -0.39 is 10.0 Å². The molecule has 0 fully saturated rings. The molecule has 0 unspecified atom stereocenters. The molecule has 0 radical (unpaired) electrons. The molecule has 2 rings (SSSR count). The first kappa shape index (κ1) is 14.0. The fraction of sp³-hybridized carbons (Fsp3) is 0.462. The van der Waals surface area contributed by atoms with E-state index >= 15 is 0 Å². The number of anilines is 1. The van der Waals surface area contributed by atoms with Gasteiger partial charge in [-0.15, -0.1) is 0 Å². The second-order valence-corrected chi connectivity index (χ2v) is 6.34. The molecule has 104 valence electrons. The lowest BCUT2D eigenvalue weighted by Gasteiger charge is -2.13. The number of carbonyl (C=O) groups is 1. The van der Waals surface area contributed by atoms with Crippen LogP contribution < -0.4 is 10.0 Å². The van der Waals surface area contributed by atoms with Crippen molar-refractivity contribution in [3.63, 3.8) is 0 Å². The first-order valence-corrected chi connectivity index (χ1v) is 7.96. The van der Waals surface area contributed by atoms with Crippen molar-refractivity contribution in [1.82, 2.24) is 4.72 Å². The van der Waals surface area contributed by atoms with Crippen molar-refractivity contribution in [3.8, 4) is 0 Å². The predicted octanol–water partition coefficient (Wildman–Crippen LogP) is 1.87. The molecule has 19 heavy (non-hydrogen) atoms. The normalized spacial score (nSPS) is 20.5. The number of carbonyl (C=O) groups excluding carboxylic acids is 1. The topological polar surface area (TPSA) is 75.3 Å². The van der Waals surface area contributed by atoms with Crippen LogP contribution >= 0.6 is 0 Å². The van der Waals surface area contributed by atoms with Gasteiger partial charge in [-0.05, 0) is 25.0 Å². The monoisotopic (exact) mass is 282 g/mol. The van der Waals surface area contributed by atoms with E-state index in [1.54, 1.807) is 18.2 Å². The number of para-hydroxylation sites is 1. The second kappa shape index (κ2) is 6.16. The van der Waals surface area contributed by atoms with Crippen LogP contribution in [0.3, 0.4) is 0 Å². The molecule has 2 N–H and O–H groups in total. The lowest BCUT2D eigenvalue weighted by atomic mass is 10.1. The van der Waals surface area contributed by atoms with Crippen LogP contribution in [0, 0.1) is 0 Å². The number of nitrogens with one attached hydrogen (secondary N) is 2. The number of hydrogen-bond acceptors (Lipinski definition) is 3. The van der Waals surface area contributed by atoms with E-state index in [1.165, 1.54) is 6.07 Å². The molecule has 1 heterocycles. The predicted molar refractivity (Wildman–Crippen MR) is 73.3 cm³/mol. The van der Waals surface area contributed by atoms with E-state index in [-0.39, 0.29) is 10.8 Å². The van der Waals surface area contributed by atoms with Crippen molar-refractivity contribution in [1.29, 1.82) is 0 Å². The Bertz CT molecular complexity index is 555. The van der Waals surface area contributed by atoms with Crippen molar-refractivity contribution in [2.24, 2.45) is 0 Å². The number of hydrogen-bond donors (Lipinski definition) is 2. The van der Waals surface area contributed by atoms with Crippen molar-refractivity contribution in [2.45, 2.75) is 37.0 Å². The van der Waals surface area contributed by atoms with Crippen molar-refractivity contribution < 1.29 is 13.2 Å². The lowest BCUT2D eigenvalue weighted by molar-refractivity contribution is -0.116. The summed E-state index contributed by atoms with van der Waals surface area (Å²) >= 11 is 0. The molecule has 1 aliphatic rings. The quantitative estimate of drug-likeness (QED) is 0.762. The minimum atomic E-state index is -3.56. The molecule has 1 amide bonds. The van der Waals surface area contributed by atoms with Gasteiger partial charge in [0, 0.05) is 13.0 Å². The average Bonchev–Trinajstić information content (AvgIpc) is 2.37. The van der Waals surface area contributed by atoms with Crippen LogP contribution in [0.5, 0.6) is 0 Å². The van der Waals surface area contributed by atoms with Gasteiger partial charge in [0.15, 0.2) is 0 Å². The Morgan fingerprint density at radius 3 is 2.58 bits per heavy atom. The summed E-state index contributed by atoms with van der Waals surface area (Å²) in [6.45, 7) is 0.435. The summed E-state index contributed by atoms with van der Waals surface area (Å²) in [6.07, 6.45) is 3.93. The summed E-state index contributed by atoms with van der Waals surface area (Å²) in [5.41, 5.74) is 0.348. The summed E-state index contributed by atoms with van der Waals surface area (Å²) in [7, 11) is -3.56. The summed E-state index contributed by atoms with van der Waals surface area (Å²) in [5.74, 6) is -0.136. The van der Waals surface area contributed by atoms with E-state index in [2.05, 4.69) is 10.0 Å². The third-order valence-corrected chi connectivity index (χ3v) is 4.59. The van der Waals surface area contributed by atoms with Gasteiger partial charge in [-0.3, -0.25) is 4.79 Å². The van der Waals surface area contributed by atoms with Crippen molar-refractivity contribution in [2.75, 3.05) is 11.9 Å². The number of amides is 1. The van der Waals surface area contributed by atoms with Gasteiger partial charge >= 0.3 is 0 Å². The zero-order valence-electron chi connectivity index (χ0n) is 10.7. The highest BCUT2D eigenvalue weighted by atomic mass is 32.2. The Morgan fingerprint density at radius 1 is 1.00 bits per heavy atom. The van der Waals surface area contributed by atoms with Gasteiger partial charge in [0.25, 0.3) is 0 Å². The number of fused-ring (bicyclic) bond motifs is 1. The standard InChI is InChI=1S/C13H18N2O3S/c16-13-9-3-1-2-6-10-14-19(17,18)12-8-5-4-7-11(12)15-13/h4-5,7-8,14H,1-3,6,9-10H2,(H,15,16). The summed E-state index contributed by atoms with van der Waals surface area (Å²) < 4.78 is 26.9. The minimum Gasteiger partial charge on any atom is -0.325 e. The Balaban J connectivity index is 2.33. The first-order valence-electron chi connectivity index (χ1n) is 6.48. The molecule has 0 saturated heterocycles. The molecule has 0 spiro atoms. The summed E-state index contributed by atoms with van der Waals surface area (Å²) in [6, 6.07) is 6.47. The molecule has 6 heteroatoms. The lowest BCUT2D eigenvalue weighted by Crippen LogP contribution is -2.26. The second-order valence-electron chi connectivity index (χ2n) is 4.61. The van der Waals surface area contributed by atoms with Crippen LogP contribution in [-0.2, 0) is 14.8 Å². The molecule has 1 aromatic rings. The van der Waals surface area contributed by atoms with Crippen LogP contribution in [0.25, 0.3) is 0 Å². The molecule has 1 aliphatic heterocycles. The zero-order chi connectivity index (χ0) is 13.7. The van der Waals surface area contributed by atoms with Gasteiger partial charge < -0.3 is 5.32 Å². The molecular weight excluding hydrogens is 264 g/mol.